The van der Waals surface area contributed by atoms with Gasteiger partial charge in [-0.25, -0.2) is 19.6 Å². The van der Waals surface area contributed by atoms with Gasteiger partial charge in [-0.05, 0) is 55.2 Å². The van der Waals surface area contributed by atoms with Crippen molar-refractivity contribution < 1.29 is 19.1 Å². The zero-order chi connectivity index (χ0) is 29.9. The number of ether oxygens (including phenoxy) is 2. The molecular formula is C34H39N5O4. The third-order valence-electron chi connectivity index (χ3n) is 7.58. The number of nitrogens with one attached hydrogen (secondary N) is 2. The summed E-state index contributed by atoms with van der Waals surface area (Å²) in [4.78, 5) is 36.6. The van der Waals surface area contributed by atoms with Crippen molar-refractivity contribution in [3.63, 3.8) is 0 Å². The number of urea groups is 1. The van der Waals surface area contributed by atoms with Crippen LogP contribution in [0.15, 0.2) is 54.6 Å². The van der Waals surface area contributed by atoms with Crippen LogP contribution in [0, 0.1) is 11.8 Å². The van der Waals surface area contributed by atoms with Crippen LogP contribution in [0.1, 0.15) is 72.6 Å². The average Bonchev–Trinajstić information content (AvgIpc) is 3.54. The lowest BCUT2D eigenvalue weighted by molar-refractivity contribution is 0.0342. The van der Waals surface area contributed by atoms with Crippen LogP contribution in [-0.4, -0.2) is 65.8 Å². The lowest BCUT2D eigenvalue weighted by atomic mass is 10.1. The number of aromatic nitrogens is 2. The summed E-state index contributed by atoms with van der Waals surface area (Å²) in [7, 11) is 0. The first-order valence-electron chi connectivity index (χ1n) is 15.2. The fourth-order valence-corrected chi connectivity index (χ4v) is 5.11. The molecule has 3 aromatic rings. The van der Waals surface area contributed by atoms with E-state index >= 15 is 0 Å². The van der Waals surface area contributed by atoms with Gasteiger partial charge < -0.3 is 14.8 Å². The van der Waals surface area contributed by atoms with E-state index in [0.717, 1.165) is 88.1 Å². The summed E-state index contributed by atoms with van der Waals surface area (Å²) < 4.78 is 10.8. The van der Waals surface area contributed by atoms with Gasteiger partial charge in [0.05, 0.1) is 25.5 Å². The number of hydrogen-bond donors (Lipinski definition) is 2. The molecule has 1 aliphatic heterocycles. The van der Waals surface area contributed by atoms with E-state index < -0.39 is 5.97 Å². The van der Waals surface area contributed by atoms with Crippen molar-refractivity contribution in [2.45, 2.75) is 58.0 Å². The SMILES string of the molecule is CCCCOC(=O)c1cc(-c2ccc(C#Cc3ccc(CN4CCOCC4)cc3)cc2)nc(NC(=O)NC2CCCC2)n1. The van der Waals surface area contributed by atoms with Crippen LogP contribution < -0.4 is 10.6 Å². The predicted octanol–water partition coefficient (Wildman–Crippen LogP) is 5.40. The molecule has 2 N–H and O–H groups in total. The maximum absolute atomic E-state index is 12.7. The van der Waals surface area contributed by atoms with Gasteiger partial charge in [-0.15, -0.1) is 0 Å². The second-order valence-corrected chi connectivity index (χ2v) is 10.9. The molecule has 0 atom stereocenters. The van der Waals surface area contributed by atoms with Gasteiger partial charge in [-0.1, -0.05) is 62.3 Å². The Balaban J connectivity index is 1.28. The lowest BCUT2D eigenvalue weighted by Gasteiger charge is -2.26. The Kier molecular flexibility index (Phi) is 10.7. The molecule has 224 valence electrons. The number of morpholine rings is 1. The summed E-state index contributed by atoms with van der Waals surface area (Å²) in [5.74, 6) is 5.96. The third kappa shape index (κ3) is 9.11. The molecule has 2 amide bonds. The molecule has 0 spiro atoms. The summed E-state index contributed by atoms with van der Waals surface area (Å²) in [6.45, 7) is 6.77. The van der Waals surface area contributed by atoms with Crippen LogP contribution >= 0.6 is 0 Å². The standard InChI is InChI=1S/C34H39N5O4/c1-2-3-20-43-32(40)31-23-30(36-33(37-31)38-34(41)35-29-6-4-5-7-29)28-16-14-26(15-17-28)9-8-25-10-12-27(13-11-25)24-39-18-21-42-22-19-39/h10-17,23,29H,2-7,18-22,24H2,1H3,(H2,35,36,37,38,41). The van der Waals surface area contributed by atoms with Crippen LogP contribution in [0.25, 0.3) is 11.3 Å². The Morgan fingerprint density at radius 1 is 0.977 bits per heavy atom. The molecule has 2 aromatic carbocycles. The Morgan fingerprint density at radius 3 is 2.33 bits per heavy atom. The fraction of sp³-hybridized carbons (Fsp3) is 0.412. The number of carbonyl (C=O) groups is 2. The van der Waals surface area contributed by atoms with Crippen LogP contribution in [0.5, 0.6) is 0 Å². The van der Waals surface area contributed by atoms with Crippen molar-refractivity contribution in [1.82, 2.24) is 20.2 Å². The molecule has 9 nitrogen and oxygen atoms in total. The maximum atomic E-state index is 12.7. The Labute approximate surface area is 253 Å². The highest BCUT2D eigenvalue weighted by molar-refractivity contribution is 5.91. The van der Waals surface area contributed by atoms with Crippen molar-refractivity contribution in [1.29, 1.82) is 0 Å². The van der Waals surface area contributed by atoms with Crippen molar-refractivity contribution >= 4 is 17.9 Å². The maximum Gasteiger partial charge on any atom is 0.357 e. The van der Waals surface area contributed by atoms with Gasteiger partial charge in [0.2, 0.25) is 5.95 Å². The van der Waals surface area contributed by atoms with Gasteiger partial charge in [-0.3, -0.25) is 10.2 Å². The quantitative estimate of drug-likeness (QED) is 0.198. The molecule has 5 rings (SSSR count). The first-order valence-corrected chi connectivity index (χ1v) is 15.2. The van der Waals surface area contributed by atoms with Gasteiger partial charge in [0.15, 0.2) is 5.69 Å². The molecule has 1 saturated carbocycles. The Bertz CT molecular complexity index is 1430. The number of unbranched alkanes of at least 4 members (excludes halogenated alkanes) is 1. The molecule has 43 heavy (non-hydrogen) atoms. The van der Waals surface area contributed by atoms with E-state index in [2.05, 4.69) is 61.6 Å². The number of esters is 1. The van der Waals surface area contributed by atoms with E-state index in [1.54, 1.807) is 6.07 Å². The molecule has 2 fully saturated rings. The second kappa shape index (κ2) is 15.3. The number of carbonyl (C=O) groups excluding carboxylic acids is 2. The molecule has 1 aliphatic carbocycles. The van der Waals surface area contributed by atoms with Crippen molar-refractivity contribution in [2.75, 3.05) is 38.2 Å². The monoisotopic (exact) mass is 581 g/mol. The first-order chi connectivity index (χ1) is 21.1. The fourth-order valence-electron chi connectivity index (χ4n) is 5.11. The zero-order valence-electron chi connectivity index (χ0n) is 24.7. The van der Waals surface area contributed by atoms with Gasteiger partial charge in [0.25, 0.3) is 0 Å². The minimum atomic E-state index is -0.546. The average molecular weight is 582 g/mol. The Hall–Kier alpha value is -4.26. The highest BCUT2D eigenvalue weighted by Crippen LogP contribution is 2.22. The molecule has 1 aromatic heterocycles. The van der Waals surface area contributed by atoms with Crippen LogP contribution in [0.3, 0.4) is 0 Å². The van der Waals surface area contributed by atoms with E-state index in [9.17, 15) is 9.59 Å². The highest BCUT2D eigenvalue weighted by Gasteiger charge is 2.19. The van der Waals surface area contributed by atoms with Crippen molar-refractivity contribution in [3.8, 4) is 23.1 Å². The van der Waals surface area contributed by atoms with Crippen molar-refractivity contribution in [2.24, 2.45) is 0 Å². The molecule has 0 radical (unpaired) electrons. The van der Waals surface area contributed by atoms with Crippen LogP contribution in [0.4, 0.5) is 10.7 Å². The minimum Gasteiger partial charge on any atom is -0.461 e. The molecular weight excluding hydrogens is 542 g/mol. The topological polar surface area (TPSA) is 106 Å². The summed E-state index contributed by atoms with van der Waals surface area (Å²) in [6, 6.07) is 17.3. The summed E-state index contributed by atoms with van der Waals surface area (Å²) in [5, 5.41) is 5.67. The second-order valence-electron chi connectivity index (χ2n) is 10.9. The van der Waals surface area contributed by atoms with E-state index in [4.69, 9.17) is 9.47 Å². The van der Waals surface area contributed by atoms with Gasteiger partial charge >= 0.3 is 12.0 Å². The first kappa shape index (κ1) is 30.2. The third-order valence-corrected chi connectivity index (χ3v) is 7.58. The summed E-state index contributed by atoms with van der Waals surface area (Å²) >= 11 is 0. The number of hydrogen-bond acceptors (Lipinski definition) is 7. The molecule has 1 saturated heterocycles. The number of amides is 2. The van der Waals surface area contributed by atoms with E-state index in [-0.39, 0.29) is 23.7 Å². The molecule has 2 aliphatic rings. The molecule has 0 unspecified atom stereocenters. The molecule has 9 heteroatoms. The van der Waals surface area contributed by atoms with Crippen LogP contribution in [-0.2, 0) is 16.0 Å². The van der Waals surface area contributed by atoms with E-state index in [0.29, 0.717) is 12.3 Å². The minimum absolute atomic E-state index is 0.0522. The number of rotatable bonds is 9. The number of nitrogens with zero attached hydrogens (tertiary/aromatic N) is 3. The zero-order valence-corrected chi connectivity index (χ0v) is 24.7. The smallest absolute Gasteiger partial charge is 0.357 e. The van der Waals surface area contributed by atoms with Crippen molar-refractivity contribution in [3.05, 3.63) is 77.0 Å². The Morgan fingerprint density at radius 2 is 1.65 bits per heavy atom. The summed E-state index contributed by atoms with van der Waals surface area (Å²) in [5.41, 5.74) is 4.43. The summed E-state index contributed by atoms with van der Waals surface area (Å²) in [6.07, 6.45) is 5.79. The van der Waals surface area contributed by atoms with Gasteiger partial charge in [-0.2, -0.15) is 0 Å². The number of benzene rings is 2. The largest absolute Gasteiger partial charge is 0.461 e. The molecule has 0 bridgehead atoms. The van der Waals surface area contributed by atoms with Gasteiger partial charge in [0.1, 0.15) is 0 Å². The van der Waals surface area contributed by atoms with Gasteiger partial charge in [0, 0.05) is 42.4 Å². The highest BCUT2D eigenvalue weighted by atomic mass is 16.5. The molecule has 2 heterocycles. The predicted molar refractivity (Wildman–Crippen MR) is 166 cm³/mol. The van der Waals surface area contributed by atoms with E-state index in [1.165, 1.54) is 5.56 Å². The van der Waals surface area contributed by atoms with E-state index in [1.807, 2.05) is 31.2 Å². The van der Waals surface area contributed by atoms with Crippen LogP contribution in [0.2, 0.25) is 0 Å². The lowest BCUT2D eigenvalue weighted by Crippen LogP contribution is -2.36. The normalized spacial score (nSPS) is 15.4. The number of anilines is 1.